The minimum atomic E-state index is -2.57. The van der Waals surface area contributed by atoms with Crippen LogP contribution in [0.2, 0.25) is 0 Å². The van der Waals surface area contributed by atoms with Crippen LogP contribution in [0.4, 0.5) is 0 Å². The van der Waals surface area contributed by atoms with Gasteiger partial charge in [0.15, 0.2) is 0 Å². The van der Waals surface area contributed by atoms with Gasteiger partial charge in [-0.15, -0.1) is 0 Å². The zero-order chi connectivity index (χ0) is 17.2. The minimum absolute atomic E-state index is 0. The Labute approximate surface area is 180 Å². The van der Waals surface area contributed by atoms with Gasteiger partial charge in [0.05, 0.1) is 6.61 Å². The van der Waals surface area contributed by atoms with Crippen molar-refractivity contribution >= 4 is 28.9 Å². The van der Waals surface area contributed by atoms with Crippen molar-refractivity contribution in [3.8, 4) is 0 Å². The van der Waals surface area contributed by atoms with Crippen molar-refractivity contribution in [1.29, 1.82) is 0 Å². The van der Waals surface area contributed by atoms with Gasteiger partial charge in [-0.25, -0.2) is 0 Å². The summed E-state index contributed by atoms with van der Waals surface area (Å²) in [5.74, 6) is 0.943. The van der Waals surface area contributed by atoms with Gasteiger partial charge >= 0.3 is 0 Å². The van der Waals surface area contributed by atoms with Crippen molar-refractivity contribution in [1.82, 2.24) is 0 Å². The van der Waals surface area contributed by atoms with Crippen molar-refractivity contribution < 1.29 is 36.7 Å². The molecule has 0 amide bonds. The van der Waals surface area contributed by atoms with E-state index in [0.717, 1.165) is 18.6 Å². The van der Waals surface area contributed by atoms with Crippen molar-refractivity contribution in [2.75, 3.05) is 12.4 Å². The summed E-state index contributed by atoms with van der Waals surface area (Å²) >= 11 is 6.70. The predicted molar refractivity (Wildman–Crippen MR) is 111 cm³/mol. The molecule has 0 aliphatic heterocycles. The maximum absolute atomic E-state index is 10.1. The monoisotopic (exact) mass is 496 g/mol. The van der Waals surface area contributed by atoms with Gasteiger partial charge in [0, 0.05) is 33.1 Å². The summed E-state index contributed by atoms with van der Waals surface area (Å²) in [6.07, 6.45) is 17.9. The van der Waals surface area contributed by atoms with E-state index in [9.17, 15) is 4.89 Å². The fraction of sp³-hybridized carbons (Fsp3) is 1.00. The third-order valence-electron chi connectivity index (χ3n) is 4.00. The maximum Gasteiger partial charge on any atom is 0.244 e. The number of hydrogen-bond donors (Lipinski definition) is 1. The second kappa shape index (κ2) is 21.1. The van der Waals surface area contributed by atoms with Gasteiger partial charge in [0.2, 0.25) is 5.69 Å². The van der Waals surface area contributed by atoms with Crippen molar-refractivity contribution in [2.45, 2.75) is 104 Å². The summed E-state index contributed by atoms with van der Waals surface area (Å²) < 4.78 is 5.56. The van der Waals surface area contributed by atoms with Crippen LogP contribution in [0, 0.1) is 0 Å². The summed E-state index contributed by atoms with van der Waals surface area (Å²) in [4.78, 5) is 10.1. The van der Waals surface area contributed by atoms with Gasteiger partial charge in [-0.3, -0.25) is 0 Å². The van der Waals surface area contributed by atoms with Crippen LogP contribution in [-0.4, -0.2) is 17.3 Å². The Hall–Kier alpha value is 1.84. The molecule has 0 rings (SSSR count). The molecule has 0 fully saturated rings. The first-order chi connectivity index (χ1) is 11.1. The van der Waals surface area contributed by atoms with Gasteiger partial charge in [0.25, 0.3) is 0 Å². The molecule has 0 bridgehead atoms. The Morgan fingerprint density at radius 2 is 1.17 bits per heavy atom. The zero-order valence-corrected chi connectivity index (χ0v) is 22.7. The molecule has 0 heterocycles. The van der Waals surface area contributed by atoms with Gasteiger partial charge in [-0.2, -0.15) is 0 Å². The van der Waals surface area contributed by atoms with E-state index < -0.39 is 5.69 Å². The van der Waals surface area contributed by atoms with Crippen LogP contribution in [0.5, 0.6) is 0 Å². The summed E-state index contributed by atoms with van der Waals surface area (Å²) in [5.41, 5.74) is -2.57. The summed E-state index contributed by atoms with van der Waals surface area (Å²) in [6, 6.07) is 0. The Bertz CT molecular complexity index is 270. The van der Waals surface area contributed by atoms with E-state index in [1.807, 2.05) is 0 Å². The molecular formula is C18H39CdO2PS2. The number of rotatable bonds is 18. The molecule has 6 heteroatoms. The number of unbranched alkanes of at least 4 members (excludes halogenated alkanes) is 12. The van der Waals surface area contributed by atoms with E-state index in [-0.39, 0.29) is 27.3 Å². The predicted octanol–water partition coefficient (Wildman–Crippen LogP) is 7.45. The van der Waals surface area contributed by atoms with Crippen LogP contribution in [0.25, 0.3) is 0 Å². The van der Waals surface area contributed by atoms with Crippen molar-refractivity contribution in [3.05, 3.63) is 0 Å². The van der Waals surface area contributed by atoms with Crippen LogP contribution in [0.3, 0.4) is 0 Å². The first-order valence-corrected chi connectivity index (χ1v) is 14.0. The van der Waals surface area contributed by atoms with E-state index in [1.54, 1.807) is 0 Å². The molecule has 0 aliphatic rings. The van der Waals surface area contributed by atoms with Crippen LogP contribution >= 0.6 is 17.1 Å². The summed E-state index contributed by atoms with van der Waals surface area (Å²) in [5, 5.41) is 0. The zero-order valence-electron chi connectivity index (χ0n) is 16.1. The quantitative estimate of drug-likeness (QED) is 0.122. The summed E-state index contributed by atoms with van der Waals surface area (Å²) in [7, 11) is 0. The minimum Gasteiger partial charge on any atom is -0.337 e. The summed E-state index contributed by atoms with van der Waals surface area (Å²) in [6.45, 7) is 5.12. The molecule has 0 aromatic carbocycles. The van der Waals surface area contributed by atoms with Crippen LogP contribution < -0.4 is 0 Å². The Balaban J connectivity index is 0. The second-order valence-electron chi connectivity index (χ2n) is 6.38. The average Bonchev–Trinajstić information content (AvgIpc) is 2.52. The van der Waals surface area contributed by atoms with E-state index in [4.69, 9.17) is 16.3 Å². The van der Waals surface area contributed by atoms with E-state index in [2.05, 4.69) is 13.8 Å². The SMILES string of the molecule is CCCCCCCCCOP(O)(=S)SCCCCCCCCC.[Cd]. The molecule has 0 saturated carbocycles. The fourth-order valence-electron chi connectivity index (χ4n) is 2.52. The van der Waals surface area contributed by atoms with Gasteiger partial charge in [0.1, 0.15) is 0 Å². The molecule has 2 nitrogen and oxygen atoms in total. The topological polar surface area (TPSA) is 29.5 Å². The third kappa shape index (κ3) is 21.9. The van der Waals surface area contributed by atoms with Gasteiger partial charge in [-0.1, -0.05) is 102 Å². The Kier molecular flexibility index (Phi) is 24.7. The molecule has 0 aliphatic carbocycles. The average molecular weight is 495 g/mol. The normalized spacial score (nSPS) is 13.5. The molecule has 142 valence electrons. The van der Waals surface area contributed by atoms with E-state index in [1.165, 1.54) is 88.4 Å². The van der Waals surface area contributed by atoms with Crippen molar-refractivity contribution in [2.24, 2.45) is 0 Å². The van der Waals surface area contributed by atoms with Crippen molar-refractivity contribution in [3.63, 3.8) is 0 Å². The fourth-order valence-corrected chi connectivity index (χ4v) is 5.93. The van der Waals surface area contributed by atoms with Crippen LogP contribution in [-0.2, 0) is 43.6 Å². The first kappa shape index (κ1) is 28.1. The van der Waals surface area contributed by atoms with Crippen LogP contribution in [0.1, 0.15) is 104 Å². The molecule has 0 saturated heterocycles. The molecule has 1 N–H and O–H groups in total. The molecule has 0 radical (unpaired) electrons. The molecule has 24 heavy (non-hydrogen) atoms. The number of hydrogen-bond acceptors (Lipinski definition) is 3. The largest absolute Gasteiger partial charge is 0.337 e. The third-order valence-corrected chi connectivity index (χ3v) is 8.42. The maximum atomic E-state index is 10.1. The van der Waals surface area contributed by atoms with Gasteiger partial charge in [-0.05, 0) is 24.6 Å². The molecule has 1 atom stereocenters. The van der Waals surface area contributed by atoms with Gasteiger partial charge < -0.3 is 9.42 Å². The van der Waals surface area contributed by atoms with E-state index in [0.29, 0.717) is 6.61 Å². The Morgan fingerprint density at radius 3 is 1.67 bits per heavy atom. The smallest absolute Gasteiger partial charge is 0.244 e. The Morgan fingerprint density at radius 1 is 0.750 bits per heavy atom. The molecular weight excluding hydrogens is 456 g/mol. The standard InChI is InChI=1S/C18H39O2PS2.Cd/c1-3-5-7-9-11-13-15-17-20-21(19,22)23-18-16-14-12-10-8-6-4-2;/h3-18H2,1-2H3,(H,19,22);. The van der Waals surface area contributed by atoms with E-state index >= 15 is 0 Å². The second-order valence-corrected chi connectivity index (χ2v) is 12.7. The molecule has 0 aromatic heterocycles. The molecule has 0 spiro atoms. The molecule has 1 unspecified atom stereocenters. The van der Waals surface area contributed by atoms with Crippen LogP contribution in [0.15, 0.2) is 0 Å². The first-order valence-electron chi connectivity index (χ1n) is 9.74. The molecule has 0 aromatic rings.